The standard InChI is InChI=1S/C5H9F3N2/c1-3(2-9)4(10)5(6,7)8/h2,4H,9-10H2,1H3/b3-2-. The second kappa shape index (κ2) is 2.92. The van der Waals surface area contributed by atoms with E-state index in [9.17, 15) is 13.2 Å². The molecule has 60 valence electrons. The lowest BCUT2D eigenvalue weighted by atomic mass is 10.1. The topological polar surface area (TPSA) is 52.0 Å². The summed E-state index contributed by atoms with van der Waals surface area (Å²) in [5.74, 6) is 0. The molecule has 0 heterocycles. The highest BCUT2D eigenvalue weighted by molar-refractivity contribution is 5.07. The first-order chi connectivity index (χ1) is 4.39. The summed E-state index contributed by atoms with van der Waals surface area (Å²) in [6, 6.07) is -1.93. The fourth-order valence-corrected chi connectivity index (χ4v) is 0.362. The van der Waals surface area contributed by atoms with Crippen LogP contribution in [0.4, 0.5) is 13.2 Å². The van der Waals surface area contributed by atoms with Crippen LogP contribution in [0.5, 0.6) is 0 Å². The summed E-state index contributed by atoms with van der Waals surface area (Å²) in [5.41, 5.74) is 9.48. The van der Waals surface area contributed by atoms with Crippen LogP contribution in [0.1, 0.15) is 6.92 Å². The van der Waals surface area contributed by atoms with Crippen molar-refractivity contribution >= 4 is 0 Å². The first kappa shape index (κ1) is 9.29. The van der Waals surface area contributed by atoms with Crippen LogP contribution >= 0.6 is 0 Å². The van der Waals surface area contributed by atoms with E-state index < -0.39 is 12.2 Å². The predicted octanol–water partition coefficient (Wildman–Crippen LogP) is 0.739. The van der Waals surface area contributed by atoms with Crippen LogP contribution in [0.3, 0.4) is 0 Å². The van der Waals surface area contributed by atoms with Gasteiger partial charge in [0.25, 0.3) is 0 Å². The Balaban J connectivity index is 4.23. The lowest BCUT2D eigenvalue weighted by Gasteiger charge is -2.14. The highest BCUT2D eigenvalue weighted by atomic mass is 19.4. The van der Waals surface area contributed by atoms with Gasteiger partial charge in [0.05, 0.1) is 0 Å². The fraction of sp³-hybridized carbons (Fsp3) is 0.600. The molecule has 0 aliphatic carbocycles. The van der Waals surface area contributed by atoms with Gasteiger partial charge in [0, 0.05) is 0 Å². The monoisotopic (exact) mass is 154 g/mol. The van der Waals surface area contributed by atoms with Crippen LogP contribution in [-0.2, 0) is 0 Å². The van der Waals surface area contributed by atoms with Gasteiger partial charge in [0.1, 0.15) is 6.04 Å². The molecule has 1 atom stereocenters. The Morgan fingerprint density at radius 1 is 1.50 bits per heavy atom. The van der Waals surface area contributed by atoms with Crippen molar-refractivity contribution in [3.05, 3.63) is 11.8 Å². The highest BCUT2D eigenvalue weighted by Gasteiger charge is 2.37. The molecule has 0 aromatic rings. The summed E-state index contributed by atoms with van der Waals surface area (Å²) in [4.78, 5) is 0. The average Bonchev–Trinajstić information content (AvgIpc) is 1.83. The van der Waals surface area contributed by atoms with Gasteiger partial charge in [0.2, 0.25) is 0 Å². The van der Waals surface area contributed by atoms with Crippen LogP contribution in [-0.4, -0.2) is 12.2 Å². The van der Waals surface area contributed by atoms with Crippen LogP contribution in [0, 0.1) is 0 Å². The number of hydrogen-bond donors (Lipinski definition) is 2. The zero-order valence-corrected chi connectivity index (χ0v) is 5.44. The maximum absolute atomic E-state index is 11.7. The fourth-order valence-electron chi connectivity index (χ4n) is 0.362. The van der Waals surface area contributed by atoms with Gasteiger partial charge in [-0.1, -0.05) is 0 Å². The van der Waals surface area contributed by atoms with E-state index in [1.54, 1.807) is 0 Å². The number of nitrogens with two attached hydrogens (primary N) is 2. The molecule has 0 saturated carbocycles. The maximum atomic E-state index is 11.7. The second-order valence-corrected chi connectivity index (χ2v) is 1.93. The Hall–Kier alpha value is -0.710. The van der Waals surface area contributed by atoms with E-state index in [1.165, 1.54) is 6.92 Å². The lowest BCUT2D eigenvalue weighted by molar-refractivity contribution is -0.139. The summed E-state index contributed by atoms with van der Waals surface area (Å²) in [6.45, 7) is 1.23. The van der Waals surface area contributed by atoms with E-state index in [0.29, 0.717) is 0 Å². The molecule has 0 fully saturated rings. The number of hydrogen-bond acceptors (Lipinski definition) is 2. The zero-order valence-electron chi connectivity index (χ0n) is 5.44. The molecule has 5 heteroatoms. The van der Waals surface area contributed by atoms with E-state index in [-0.39, 0.29) is 5.57 Å². The minimum absolute atomic E-state index is 0.0764. The highest BCUT2D eigenvalue weighted by Crippen LogP contribution is 2.22. The summed E-state index contributed by atoms with van der Waals surface area (Å²) in [6.07, 6.45) is -3.53. The van der Waals surface area contributed by atoms with Crippen LogP contribution < -0.4 is 11.5 Å². The molecule has 0 aromatic heterocycles. The first-order valence-corrected chi connectivity index (χ1v) is 2.60. The molecule has 0 rings (SSSR count). The molecular weight excluding hydrogens is 145 g/mol. The van der Waals surface area contributed by atoms with Gasteiger partial charge in [-0.3, -0.25) is 0 Å². The molecule has 0 aromatic carbocycles. The van der Waals surface area contributed by atoms with Crippen molar-refractivity contribution in [2.45, 2.75) is 19.1 Å². The van der Waals surface area contributed by atoms with Crippen molar-refractivity contribution in [2.75, 3.05) is 0 Å². The smallest absolute Gasteiger partial charge is 0.405 e. The number of alkyl halides is 3. The van der Waals surface area contributed by atoms with Crippen LogP contribution in [0.25, 0.3) is 0 Å². The zero-order chi connectivity index (χ0) is 8.36. The number of halogens is 3. The van der Waals surface area contributed by atoms with E-state index in [1.807, 2.05) is 0 Å². The molecule has 4 N–H and O–H groups in total. The van der Waals surface area contributed by atoms with Gasteiger partial charge in [-0.2, -0.15) is 13.2 Å². The Morgan fingerprint density at radius 2 is 1.90 bits per heavy atom. The Kier molecular flexibility index (Phi) is 2.71. The summed E-state index contributed by atoms with van der Waals surface area (Å²) >= 11 is 0. The summed E-state index contributed by atoms with van der Waals surface area (Å²) in [5, 5.41) is 0. The van der Waals surface area contributed by atoms with Gasteiger partial charge in [0.15, 0.2) is 0 Å². The predicted molar refractivity (Wildman–Crippen MR) is 32.0 cm³/mol. The lowest BCUT2D eigenvalue weighted by Crippen LogP contribution is -2.38. The van der Waals surface area contributed by atoms with Gasteiger partial charge in [-0.15, -0.1) is 0 Å². The van der Waals surface area contributed by atoms with Crippen molar-refractivity contribution in [3.8, 4) is 0 Å². The third-order valence-corrected chi connectivity index (χ3v) is 1.11. The molecule has 0 amide bonds. The van der Waals surface area contributed by atoms with E-state index in [4.69, 9.17) is 11.5 Å². The quantitative estimate of drug-likeness (QED) is 0.585. The molecule has 1 unspecified atom stereocenters. The maximum Gasteiger partial charge on any atom is 0.407 e. The minimum atomic E-state index is -4.39. The molecule has 0 bridgehead atoms. The van der Waals surface area contributed by atoms with Gasteiger partial charge >= 0.3 is 6.18 Å². The summed E-state index contributed by atoms with van der Waals surface area (Å²) in [7, 11) is 0. The molecule has 0 aliphatic heterocycles. The third kappa shape index (κ3) is 2.26. The molecule has 0 spiro atoms. The van der Waals surface area contributed by atoms with E-state index in [2.05, 4.69) is 0 Å². The van der Waals surface area contributed by atoms with Crippen molar-refractivity contribution in [1.82, 2.24) is 0 Å². The van der Waals surface area contributed by atoms with Crippen molar-refractivity contribution in [1.29, 1.82) is 0 Å². The Morgan fingerprint density at radius 3 is 2.00 bits per heavy atom. The second-order valence-electron chi connectivity index (χ2n) is 1.93. The van der Waals surface area contributed by atoms with Crippen molar-refractivity contribution in [3.63, 3.8) is 0 Å². The first-order valence-electron chi connectivity index (χ1n) is 2.60. The molecule has 0 aliphatic rings. The van der Waals surface area contributed by atoms with Gasteiger partial charge in [-0.05, 0) is 18.7 Å². The third-order valence-electron chi connectivity index (χ3n) is 1.11. The Bertz CT molecular complexity index is 138. The molecule has 10 heavy (non-hydrogen) atoms. The van der Waals surface area contributed by atoms with Crippen LogP contribution in [0.2, 0.25) is 0 Å². The molecule has 0 saturated heterocycles. The average molecular weight is 154 g/mol. The Labute approximate surface area is 56.7 Å². The molecule has 2 nitrogen and oxygen atoms in total. The van der Waals surface area contributed by atoms with E-state index >= 15 is 0 Å². The molecular formula is C5H9F3N2. The van der Waals surface area contributed by atoms with Crippen molar-refractivity contribution in [2.24, 2.45) is 11.5 Å². The van der Waals surface area contributed by atoms with Gasteiger partial charge in [-0.25, -0.2) is 0 Å². The minimum Gasteiger partial charge on any atom is -0.405 e. The molecule has 0 radical (unpaired) electrons. The SMILES string of the molecule is C/C(=C/N)C(N)C(F)(F)F. The largest absolute Gasteiger partial charge is 0.407 e. The van der Waals surface area contributed by atoms with Gasteiger partial charge < -0.3 is 11.5 Å². The van der Waals surface area contributed by atoms with Crippen LogP contribution in [0.15, 0.2) is 11.8 Å². The van der Waals surface area contributed by atoms with Crippen molar-refractivity contribution < 1.29 is 13.2 Å². The number of rotatable bonds is 1. The summed E-state index contributed by atoms with van der Waals surface area (Å²) < 4.78 is 35.0. The normalized spacial score (nSPS) is 17.1. The van der Waals surface area contributed by atoms with E-state index in [0.717, 1.165) is 6.20 Å².